The van der Waals surface area contributed by atoms with Gasteiger partial charge in [-0.3, -0.25) is 0 Å². The molecule has 0 aliphatic rings. The van der Waals surface area contributed by atoms with Crippen LogP contribution in [0, 0.1) is 0 Å². The van der Waals surface area contributed by atoms with Crippen LogP contribution in [0.15, 0.2) is 30.3 Å². The van der Waals surface area contributed by atoms with Crippen molar-refractivity contribution in [2.45, 2.75) is 38.8 Å². The Bertz CT molecular complexity index is 417. The first-order chi connectivity index (χ1) is 8.99. The van der Waals surface area contributed by atoms with Crippen molar-refractivity contribution in [2.75, 3.05) is 0 Å². The molecule has 0 unspecified atom stereocenters. The first-order valence-electron chi connectivity index (χ1n) is 6.23. The lowest BCUT2D eigenvalue weighted by Gasteiger charge is -2.15. The number of carboxylic acid groups (broad SMARTS) is 1. The zero-order valence-electron chi connectivity index (χ0n) is 11.1. The first-order valence-corrected chi connectivity index (χ1v) is 6.23. The number of carboxylic acids is 1. The Kier molecular flexibility index (Phi) is 5.85. The van der Waals surface area contributed by atoms with E-state index in [1.165, 1.54) is 0 Å². The molecule has 1 aromatic rings. The molecule has 0 bridgehead atoms. The van der Waals surface area contributed by atoms with E-state index in [1.807, 2.05) is 30.3 Å². The van der Waals surface area contributed by atoms with Gasteiger partial charge < -0.3 is 15.2 Å². The second kappa shape index (κ2) is 7.41. The molecule has 1 aromatic carbocycles. The Morgan fingerprint density at radius 2 is 1.89 bits per heavy atom. The molecule has 5 heteroatoms. The average Bonchev–Trinajstić information content (AvgIpc) is 2.34. The van der Waals surface area contributed by atoms with Gasteiger partial charge in [0, 0.05) is 0 Å². The zero-order chi connectivity index (χ0) is 14.3. The van der Waals surface area contributed by atoms with E-state index in [-0.39, 0.29) is 6.10 Å². The summed E-state index contributed by atoms with van der Waals surface area (Å²) in [4.78, 5) is 22.5. The molecule has 0 fully saturated rings. The van der Waals surface area contributed by atoms with Gasteiger partial charge in [0.15, 0.2) is 0 Å². The maximum Gasteiger partial charge on any atom is 0.408 e. The summed E-state index contributed by atoms with van der Waals surface area (Å²) in [6, 6.07) is 8.59. The predicted molar refractivity (Wildman–Crippen MR) is 70.9 cm³/mol. The fraction of sp³-hybridized carbons (Fsp3) is 0.429. The molecule has 0 aromatic heterocycles. The number of ether oxygens (including phenoxy) is 1. The van der Waals surface area contributed by atoms with E-state index in [1.54, 1.807) is 13.8 Å². The molecule has 0 spiro atoms. The molecule has 0 aliphatic heterocycles. The number of carbonyl (C=O) groups is 2. The maximum absolute atomic E-state index is 11.4. The molecule has 19 heavy (non-hydrogen) atoms. The van der Waals surface area contributed by atoms with E-state index in [2.05, 4.69) is 5.32 Å². The van der Waals surface area contributed by atoms with Crippen molar-refractivity contribution in [2.24, 2.45) is 0 Å². The summed E-state index contributed by atoms with van der Waals surface area (Å²) in [5.74, 6) is -1.06. The molecule has 0 heterocycles. The lowest BCUT2D eigenvalue weighted by molar-refractivity contribution is -0.139. The SMILES string of the molecule is CC(C)OC(=O)N[C@@H](CCc1ccccc1)C(=O)O. The van der Waals surface area contributed by atoms with Gasteiger partial charge in [0.05, 0.1) is 6.10 Å². The second-order valence-electron chi connectivity index (χ2n) is 4.51. The fourth-order valence-electron chi connectivity index (χ4n) is 1.60. The van der Waals surface area contributed by atoms with Crippen molar-refractivity contribution in [3.05, 3.63) is 35.9 Å². The number of aliphatic carboxylic acids is 1. The Balaban J connectivity index is 2.49. The summed E-state index contributed by atoms with van der Waals surface area (Å²) in [6.45, 7) is 3.42. The third kappa shape index (κ3) is 5.90. The van der Waals surface area contributed by atoms with E-state index >= 15 is 0 Å². The smallest absolute Gasteiger partial charge is 0.408 e. The summed E-state index contributed by atoms with van der Waals surface area (Å²) >= 11 is 0. The first kappa shape index (κ1) is 15.0. The Labute approximate surface area is 112 Å². The molecule has 1 amide bonds. The van der Waals surface area contributed by atoms with Crippen molar-refractivity contribution in [3.8, 4) is 0 Å². The standard InChI is InChI=1S/C14H19NO4/c1-10(2)19-14(18)15-12(13(16)17)9-8-11-6-4-3-5-7-11/h3-7,10,12H,8-9H2,1-2H3,(H,15,18)(H,16,17)/t12-/m0/s1. The minimum Gasteiger partial charge on any atom is -0.480 e. The average molecular weight is 265 g/mol. The normalized spacial score (nSPS) is 11.9. The number of benzene rings is 1. The van der Waals surface area contributed by atoms with Crippen LogP contribution in [0.5, 0.6) is 0 Å². The minimum atomic E-state index is -1.06. The highest BCUT2D eigenvalue weighted by molar-refractivity contribution is 5.79. The number of carbonyl (C=O) groups excluding carboxylic acids is 1. The van der Waals surface area contributed by atoms with Gasteiger partial charge in [0.2, 0.25) is 0 Å². The number of alkyl carbamates (subject to hydrolysis) is 1. The number of amides is 1. The predicted octanol–water partition coefficient (Wildman–Crippen LogP) is 2.21. The molecule has 104 valence electrons. The lowest BCUT2D eigenvalue weighted by Crippen LogP contribution is -2.42. The molecule has 0 saturated heterocycles. The highest BCUT2D eigenvalue weighted by atomic mass is 16.6. The quantitative estimate of drug-likeness (QED) is 0.826. The number of aryl methyl sites for hydroxylation is 1. The largest absolute Gasteiger partial charge is 0.480 e. The van der Waals surface area contributed by atoms with Crippen molar-refractivity contribution in [3.63, 3.8) is 0 Å². The summed E-state index contributed by atoms with van der Waals surface area (Å²) in [6.07, 6.45) is -0.0641. The van der Waals surface area contributed by atoms with Crippen LogP contribution in [-0.2, 0) is 16.0 Å². The number of rotatable bonds is 6. The molecular formula is C14H19NO4. The zero-order valence-corrected chi connectivity index (χ0v) is 11.1. The van der Waals surface area contributed by atoms with E-state index in [0.29, 0.717) is 12.8 Å². The third-order valence-electron chi connectivity index (χ3n) is 2.50. The number of hydrogen-bond donors (Lipinski definition) is 2. The maximum atomic E-state index is 11.4. The van der Waals surface area contributed by atoms with Gasteiger partial charge in [-0.05, 0) is 32.3 Å². The van der Waals surface area contributed by atoms with Gasteiger partial charge in [-0.25, -0.2) is 9.59 Å². The Morgan fingerprint density at radius 3 is 2.42 bits per heavy atom. The van der Waals surface area contributed by atoms with Crippen LogP contribution >= 0.6 is 0 Å². The molecule has 1 rings (SSSR count). The van der Waals surface area contributed by atoms with Crippen LogP contribution in [-0.4, -0.2) is 29.3 Å². The molecule has 0 aliphatic carbocycles. The van der Waals surface area contributed by atoms with E-state index in [0.717, 1.165) is 5.56 Å². The van der Waals surface area contributed by atoms with Crippen LogP contribution < -0.4 is 5.32 Å². The highest BCUT2D eigenvalue weighted by Gasteiger charge is 2.20. The molecule has 0 radical (unpaired) electrons. The fourth-order valence-corrected chi connectivity index (χ4v) is 1.60. The minimum absolute atomic E-state index is 0.274. The molecule has 5 nitrogen and oxygen atoms in total. The van der Waals surface area contributed by atoms with E-state index in [9.17, 15) is 9.59 Å². The lowest BCUT2D eigenvalue weighted by atomic mass is 10.1. The van der Waals surface area contributed by atoms with Gasteiger partial charge in [0.1, 0.15) is 6.04 Å². The van der Waals surface area contributed by atoms with E-state index < -0.39 is 18.1 Å². The Morgan fingerprint density at radius 1 is 1.26 bits per heavy atom. The van der Waals surface area contributed by atoms with Crippen LogP contribution in [0.25, 0.3) is 0 Å². The summed E-state index contributed by atoms with van der Waals surface area (Å²) in [5.41, 5.74) is 1.03. The van der Waals surface area contributed by atoms with Crippen LogP contribution in [0.4, 0.5) is 4.79 Å². The second-order valence-corrected chi connectivity index (χ2v) is 4.51. The topological polar surface area (TPSA) is 75.6 Å². The van der Waals surface area contributed by atoms with Crippen molar-refractivity contribution < 1.29 is 19.4 Å². The van der Waals surface area contributed by atoms with Crippen LogP contribution in [0.1, 0.15) is 25.8 Å². The Hall–Kier alpha value is -2.04. The molecule has 2 N–H and O–H groups in total. The molecular weight excluding hydrogens is 246 g/mol. The van der Waals surface area contributed by atoms with Crippen molar-refractivity contribution >= 4 is 12.1 Å². The van der Waals surface area contributed by atoms with E-state index in [4.69, 9.17) is 9.84 Å². The van der Waals surface area contributed by atoms with Gasteiger partial charge in [-0.1, -0.05) is 30.3 Å². The summed E-state index contributed by atoms with van der Waals surface area (Å²) in [7, 11) is 0. The highest BCUT2D eigenvalue weighted by Crippen LogP contribution is 2.06. The van der Waals surface area contributed by atoms with Crippen LogP contribution in [0.2, 0.25) is 0 Å². The van der Waals surface area contributed by atoms with Crippen LogP contribution in [0.3, 0.4) is 0 Å². The van der Waals surface area contributed by atoms with Gasteiger partial charge >= 0.3 is 12.1 Å². The monoisotopic (exact) mass is 265 g/mol. The van der Waals surface area contributed by atoms with Crippen molar-refractivity contribution in [1.29, 1.82) is 0 Å². The number of hydrogen-bond acceptors (Lipinski definition) is 3. The summed E-state index contributed by atoms with van der Waals surface area (Å²) in [5, 5.41) is 11.4. The molecule has 1 atom stereocenters. The van der Waals surface area contributed by atoms with Gasteiger partial charge in [-0.2, -0.15) is 0 Å². The third-order valence-corrected chi connectivity index (χ3v) is 2.50. The molecule has 0 saturated carbocycles. The van der Waals surface area contributed by atoms with Gasteiger partial charge in [0.25, 0.3) is 0 Å². The van der Waals surface area contributed by atoms with Crippen molar-refractivity contribution in [1.82, 2.24) is 5.32 Å². The number of nitrogens with one attached hydrogen (secondary N) is 1. The summed E-state index contributed by atoms with van der Waals surface area (Å²) < 4.78 is 4.87. The van der Waals surface area contributed by atoms with Gasteiger partial charge in [-0.15, -0.1) is 0 Å².